The predicted molar refractivity (Wildman–Crippen MR) is 77.9 cm³/mol. The minimum absolute atomic E-state index is 0.0434. The van der Waals surface area contributed by atoms with E-state index in [1.54, 1.807) is 0 Å². The van der Waals surface area contributed by atoms with E-state index in [9.17, 15) is 9.18 Å². The van der Waals surface area contributed by atoms with Crippen molar-refractivity contribution in [1.82, 2.24) is 4.90 Å². The van der Waals surface area contributed by atoms with Gasteiger partial charge in [-0.15, -0.1) is 0 Å². The van der Waals surface area contributed by atoms with Gasteiger partial charge in [-0.3, -0.25) is 9.69 Å². The van der Waals surface area contributed by atoms with Crippen LogP contribution in [0.5, 0.6) is 0 Å². The molecular weight excluding hydrogens is 299 g/mol. The molecule has 1 aliphatic rings. The number of nitrogens with one attached hydrogen (secondary N) is 1. The minimum atomic E-state index is -0.453. The molecule has 2 rings (SSSR count). The molecule has 0 aromatic heterocycles. The monoisotopic (exact) mass is 316 g/mol. The molecule has 0 spiro atoms. The summed E-state index contributed by atoms with van der Waals surface area (Å²) in [4.78, 5) is 13.9. The predicted octanol–water partition coefficient (Wildman–Crippen LogP) is 1.50. The zero-order valence-corrected chi connectivity index (χ0v) is 12.4. The first kappa shape index (κ1) is 16.2. The summed E-state index contributed by atoms with van der Waals surface area (Å²) in [5.74, 6) is -0.694. The molecule has 2 N–H and O–H groups in total. The number of amides is 1. The summed E-state index contributed by atoms with van der Waals surface area (Å²) in [7, 11) is 0. The lowest BCUT2D eigenvalue weighted by atomic mass is 10.2. The lowest BCUT2D eigenvalue weighted by Crippen LogP contribution is -2.50. The number of benzene rings is 1. The van der Waals surface area contributed by atoms with Crippen molar-refractivity contribution < 1.29 is 19.0 Å². The van der Waals surface area contributed by atoms with Crippen molar-refractivity contribution >= 4 is 23.2 Å². The summed E-state index contributed by atoms with van der Waals surface area (Å²) < 4.78 is 18.5. The fourth-order valence-corrected chi connectivity index (χ4v) is 2.57. The van der Waals surface area contributed by atoms with Gasteiger partial charge in [0.2, 0.25) is 5.91 Å². The number of morpholine rings is 1. The van der Waals surface area contributed by atoms with Gasteiger partial charge in [0.25, 0.3) is 0 Å². The molecule has 21 heavy (non-hydrogen) atoms. The van der Waals surface area contributed by atoms with Crippen LogP contribution >= 0.6 is 11.6 Å². The van der Waals surface area contributed by atoms with Crippen molar-refractivity contribution in [3.8, 4) is 0 Å². The average molecular weight is 317 g/mol. The summed E-state index contributed by atoms with van der Waals surface area (Å²) in [6, 6.07) is 3.81. The van der Waals surface area contributed by atoms with Gasteiger partial charge < -0.3 is 15.2 Å². The quantitative estimate of drug-likeness (QED) is 0.884. The molecule has 1 saturated heterocycles. The van der Waals surface area contributed by atoms with Gasteiger partial charge in [-0.2, -0.15) is 0 Å². The number of carbonyl (C=O) groups is 1. The third-order valence-corrected chi connectivity index (χ3v) is 3.49. The Kier molecular flexibility index (Phi) is 5.52. The van der Waals surface area contributed by atoms with Crippen LogP contribution in [-0.4, -0.2) is 54.4 Å². The summed E-state index contributed by atoms with van der Waals surface area (Å²) in [6.45, 7) is 3.08. The second kappa shape index (κ2) is 7.17. The molecule has 1 heterocycles. The van der Waals surface area contributed by atoms with E-state index in [0.29, 0.717) is 18.8 Å². The molecule has 1 aromatic rings. The van der Waals surface area contributed by atoms with E-state index in [2.05, 4.69) is 5.32 Å². The number of nitrogens with zero attached hydrogens (tertiary/aromatic N) is 1. The van der Waals surface area contributed by atoms with Gasteiger partial charge in [-0.25, -0.2) is 4.39 Å². The van der Waals surface area contributed by atoms with E-state index < -0.39 is 5.82 Å². The zero-order chi connectivity index (χ0) is 15.4. The van der Waals surface area contributed by atoms with Crippen LogP contribution in [0.25, 0.3) is 0 Å². The molecule has 2 atom stereocenters. The standard InChI is InChI=1S/C14H18ClFN2O3/c1-9-5-18(6-11(8-19)21-9)7-14(20)17-13-3-2-10(16)4-12(13)15/h2-4,9,11,19H,5-8H2,1H3,(H,17,20). The first-order chi connectivity index (χ1) is 9.97. The third-order valence-electron chi connectivity index (χ3n) is 3.18. The molecule has 1 aromatic carbocycles. The van der Waals surface area contributed by atoms with Crippen molar-refractivity contribution in [3.63, 3.8) is 0 Å². The Hall–Kier alpha value is -1.21. The number of carbonyl (C=O) groups excluding carboxylic acids is 1. The highest BCUT2D eigenvalue weighted by molar-refractivity contribution is 6.33. The van der Waals surface area contributed by atoms with Gasteiger partial charge >= 0.3 is 0 Å². The summed E-state index contributed by atoms with van der Waals surface area (Å²) >= 11 is 5.86. The molecule has 2 unspecified atom stereocenters. The average Bonchev–Trinajstić information content (AvgIpc) is 2.41. The fraction of sp³-hybridized carbons (Fsp3) is 0.500. The normalized spacial score (nSPS) is 23.0. The number of aliphatic hydroxyl groups excluding tert-OH is 1. The summed E-state index contributed by atoms with van der Waals surface area (Å²) in [5.41, 5.74) is 0.378. The van der Waals surface area contributed by atoms with Crippen LogP contribution < -0.4 is 5.32 Å². The van der Waals surface area contributed by atoms with Crippen molar-refractivity contribution in [2.24, 2.45) is 0 Å². The Morgan fingerprint density at radius 1 is 1.57 bits per heavy atom. The van der Waals surface area contributed by atoms with Crippen molar-refractivity contribution in [2.45, 2.75) is 19.1 Å². The highest BCUT2D eigenvalue weighted by Gasteiger charge is 2.26. The van der Waals surface area contributed by atoms with E-state index >= 15 is 0 Å². The largest absolute Gasteiger partial charge is 0.394 e. The summed E-state index contributed by atoms with van der Waals surface area (Å²) in [6.07, 6.45) is -0.325. The van der Waals surface area contributed by atoms with Crippen LogP contribution in [-0.2, 0) is 9.53 Å². The Morgan fingerprint density at radius 2 is 2.33 bits per heavy atom. The number of hydrogen-bond donors (Lipinski definition) is 2. The first-order valence-electron chi connectivity index (χ1n) is 6.71. The molecule has 0 saturated carbocycles. The van der Waals surface area contributed by atoms with Crippen LogP contribution in [0.3, 0.4) is 0 Å². The molecule has 7 heteroatoms. The van der Waals surface area contributed by atoms with Crippen LogP contribution in [0, 0.1) is 5.82 Å². The van der Waals surface area contributed by atoms with E-state index in [1.807, 2.05) is 11.8 Å². The Morgan fingerprint density at radius 3 is 3.00 bits per heavy atom. The van der Waals surface area contributed by atoms with E-state index in [-0.39, 0.29) is 36.3 Å². The number of aliphatic hydroxyl groups is 1. The van der Waals surface area contributed by atoms with E-state index in [1.165, 1.54) is 12.1 Å². The Labute approximate surface area is 127 Å². The van der Waals surface area contributed by atoms with Crippen LogP contribution in [0.15, 0.2) is 18.2 Å². The number of ether oxygens (including phenoxy) is 1. The smallest absolute Gasteiger partial charge is 0.238 e. The molecule has 0 aliphatic carbocycles. The zero-order valence-electron chi connectivity index (χ0n) is 11.7. The first-order valence-corrected chi connectivity index (χ1v) is 7.09. The highest BCUT2D eigenvalue weighted by atomic mass is 35.5. The van der Waals surface area contributed by atoms with Crippen LogP contribution in [0.1, 0.15) is 6.92 Å². The van der Waals surface area contributed by atoms with Crippen LogP contribution in [0.2, 0.25) is 5.02 Å². The maximum atomic E-state index is 12.9. The van der Waals surface area contributed by atoms with E-state index in [4.69, 9.17) is 21.4 Å². The SMILES string of the molecule is CC1CN(CC(=O)Nc2ccc(F)cc2Cl)CC(CO)O1. The van der Waals surface area contributed by atoms with E-state index in [0.717, 1.165) is 6.07 Å². The molecule has 5 nitrogen and oxygen atoms in total. The number of hydrogen-bond acceptors (Lipinski definition) is 4. The maximum absolute atomic E-state index is 12.9. The van der Waals surface area contributed by atoms with Gasteiger partial charge in [0.1, 0.15) is 5.82 Å². The highest BCUT2D eigenvalue weighted by Crippen LogP contribution is 2.22. The third kappa shape index (κ3) is 4.64. The van der Waals surface area contributed by atoms with Crippen molar-refractivity contribution in [2.75, 3.05) is 31.6 Å². The van der Waals surface area contributed by atoms with Crippen molar-refractivity contribution in [1.29, 1.82) is 0 Å². The van der Waals surface area contributed by atoms with Gasteiger partial charge in [0.05, 0.1) is 36.1 Å². The molecule has 116 valence electrons. The van der Waals surface area contributed by atoms with Gasteiger partial charge in [0.15, 0.2) is 0 Å². The summed E-state index contributed by atoms with van der Waals surface area (Å²) in [5, 5.41) is 12.0. The fourth-order valence-electron chi connectivity index (χ4n) is 2.35. The molecule has 0 radical (unpaired) electrons. The molecule has 1 aliphatic heterocycles. The lowest BCUT2D eigenvalue weighted by Gasteiger charge is -2.35. The number of halogens is 2. The molecule has 1 amide bonds. The van der Waals surface area contributed by atoms with Crippen LogP contribution in [0.4, 0.5) is 10.1 Å². The Bertz CT molecular complexity index is 515. The van der Waals surface area contributed by atoms with Gasteiger partial charge in [0, 0.05) is 13.1 Å². The topological polar surface area (TPSA) is 61.8 Å². The lowest BCUT2D eigenvalue weighted by molar-refractivity contribution is -0.124. The van der Waals surface area contributed by atoms with Crippen molar-refractivity contribution in [3.05, 3.63) is 29.0 Å². The molecule has 0 bridgehead atoms. The molecular formula is C14H18ClFN2O3. The maximum Gasteiger partial charge on any atom is 0.238 e. The second-order valence-electron chi connectivity index (χ2n) is 5.12. The minimum Gasteiger partial charge on any atom is -0.394 e. The number of rotatable bonds is 4. The number of anilines is 1. The van der Waals surface area contributed by atoms with Gasteiger partial charge in [-0.05, 0) is 25.1 Å². The van der Waals surface area contributed by atoms with Gasteiger partial charge in [-0.1, -0.05) is 11.6 Å². The Balaban J connectivity index is 1.92. The molecule has 1 fully saturated rings. The second-order valence-corrected chi connectivity index (χ2v) is 5.52.